The smallest absolute Gasteiger partial charge is 0.241 e. The maximum absolute atomic E-state index is 12.7. The van der Waals surface area contributed by atoms with E-state index in [2.05, 4.69) is 22.0 Å². The van der Waals surface area contributed by atoms with Crippen LogP contribution in [0.4, 0.5) is 11.4 Å². The van der Waals surface area contributed by atoms with Crippen LogP contribution in [-0.2, 0) is 4.79 Å². The van der Waals surface area contributed by atoms with Crippen LogP contribution < -0.4 is 19.7 Å². The number of carbonyl (C=O) groups excluding carboxylic acids is 1. The van der Waals surface area contributed by atoms with Crippen molar-refractivity contribution in [2.24, 2.45) is 0 Å². The molecule has 1 atom stereocenters. The lowest BCUT2D eigenvalue weighted by Gasteiger charge is -2.39. The Morgan fingerprint density at radius 1 is 1.07 bits per heavy atom. The minimum atomic E-state index is -0.215. The highest BCUT2D eigenvalue weighted by atomic mass is 35.5. The molecule has 2 aliphatic heterocycles. The Hall–Kier alpha value is -2.44. The van der Waals surface area contributed by atoms with E-state index in [1.165, 1.54) is 11.3 Å². The molecule has 0 unspecified atom stereocenters. The molecule has 0 radical (unpaired) electrons. The summed E-state index contributed by atoms with van der Waals surface area (Å²) in [7, 11) is 0. The largest absolute Gasteiger partial charge is 0.454 e. The number of fused-ring (bicyclic) bond motifs is 1. The lowest BCUT2D eigenvalue weighted by Crippen LogP contribution is -2.53. The zero-order valence-electron chi connectivity index (χ0n) is 16.1. The van der Waals surface area contributed by atoms with Crippen molar-refractivity contribution in [1.29, 1.82) is 0 Å². The number of nitrogens with one attached hydrogen (secondary N) is 1. The summed E-state index contributed by atoms with van der Waals surface area (Å²) in [6.45, 7) is 7.64. The third-order valence-corrected chi connectivity index (χ3v) is 5.63. The van der Waals surface area contributed by atoms with E-state index in [1.807, 2.05) is 37.3 Å². The highest BCUT2D eigenvalue weighted by Gasteiger charge is 2.26. The molecule has 2 aliphatic rings. The summed E-state index contributed by atoms with van der Waals surface area (Å²) in [5, 5.41) is 3.73. The molecule has 7 heteroatoms. The Morgan fingerprint density at radius 2 is 1.82 bits per heavy atom. The van der Waals surface area contributed by atoms with E-state index in [0.717, 1.165) is 31.2 Å². The first-order valence-electron chi connectivity index (χ1n) is 9.47. The lowest BCUT2D eigenvalue weighted by molar-refractivity contribution is -0.120. The summed E-state index contributed by atoms with van der Waals surface area (Å²) in [5.41, 5.74) is 3.10. The monoisotopic (exact) mass is 401 g/mol. The summed E-state index contributed by atoms with van der Waals surface area (Å²) < 4.78 is 10.7. The Labute approximate surface area is 170 Å². The summed E-state index contributed by atoms with van der Waals surface area (Å²) in [6.07, 6.45) is 0. The van der Waals surface area contributed by atoms with E-state index in [4.69, 9.17) is 21.1 Å². The van der Waals surface area contributed by atoms with Crippen molar-refractivity contribution in [3.05, 3.63) is 47.0 Å². The van der Waals surface area contributed by atoms with Crippen molar-refractivity contribution in [3.8, 4) is 11.5 Å². The van der Waals surface area contributed by atoms with Gasteiger partial charge in [0.25, 0.3) is 0 Å². The number of rotatable bonds is 4. The number of nitrogens with zero attached hydrogens (tertiary/aromatic N) is 2. The van der Waals surface area contributed by atoms with Crippen LogP contribution in [0.1, 0.15) is 12.5 Å². The highest BCUT2D eigenvalue weighted by molar-refractivity contribution is 6.30. The third kappa shape index (κ3) is 3.88. The Kier molecular flexibility index (Phi) is 5.33. The number of piperazine rings is 1. The molecule has 2 aromatic rings. The molecule has 2 aromatic carbocycles. The van der Waals surface area contributed by atoms with Crippen LogP contribution in [0.25, 0.3) is 0 Å². The Bertz CT molecular complexity index is 881. The maximum Gasteiger partial charge on any atom is 0.241 e. The Balaban J connectivity index is 1.35. The predicted molar refractivity (Wildman–Crippen MR) is 111 cm³/mol. The topological polar surface area (TPSA) is 54.0 Å². The first-order chi connectivity index (χ1) is 13.5. The van der Waals surface area contributed by atoms with Gasteiger partial charge in [-0.15, -0.1) is 0 Å². The average Bonchev–Trinajstić information content (AvgIpc) is 3.17. The van der Waals surface area contributed by atoms with Crippen LogP contribution in [0.15, 0.2) is 36.4 Å². The van der Waals surface area contributed by atoms with Gasteiger partial charge < -0.3 is 19.7 Å². The van der Waals surface area contributed by atoms with Crippen LogP contribution in [-0.4, -0.2) is 49.8 Å². The summed E-state index contributed by atoms with van der Waals surface area (Å²) in [4.78, 5) is 17.2. The highest BCUT2D eigenvalue weighted by Crippen LogP contribution is 2.34. The molecule has 0 aliphatic carbocycles. The van der Waals surface area contributed by atoms with Gasteiger partial charge in [-0.1, -0.05) is 17.7 Å². The van der Waals surface area contributed by atoms with Gasteiger partial charge in [-0.05, 0) is 43.7 Å². The molecule has 0 bridgehead atoms. The van der Waals surface area contributed by atoms with Crippen molar-refractivity contribution < 1.29 is 14.3 Å². The van der Waals surface area contributed by atoms with Crippen molar-refractivity contribution in [2.45, 2.75) is 19.9 Å². The third-order valence-electron chi connectivity index (χ3n) is 5.39. The van der Waals surface area contributed by atoms with Crippen molar-refractivity contribution in [1.82, 2.24) is 4.90 Å². The lowest BCUT2D eigenvalue weighted by atomic mass is 10.1. The number of hydrogen-bond donors (Lipinski definition) is 1. The van der Waals surface area contributed by atoms with E-state index in [-0.39, 0.29) is 18.7 Å². The van der Waals surface area contributed by atoms with Gasteiger partial charge in [0.2, 0.25) is 12.7 Å². The average molecular weight is 402 g/mol. The zero-order valence-corrected chi connectivity index (χ0v) is 16.8. The normalized spacial score (nSPS) is 17.5. The molecule has 1 fully saturated rings. The fraction of sp³-hybridized carbons (Fsp3) is 0.381. The fourth-order valence-corrected chi connectivity index (χ4v) is 3.83. The van der Waals surface area contributed by atoms with Crippen LogP contribution in [0.2, 0.25) is 5.02 Å². The molecule has 1 N–H and O–H groups in total. The number of amides is 1. The molecule has 0 aromatic heterocycles. The van der Waals surface area contributed by atoms with Gasteiger partial charge in [-0.3, -0.25) is 9.69 Å². The van der Waals surface area contributed by atoms with E-state index >= 15 is 0 Å². The van der Waals surface area contributed by atoms with E-state index in [1.54, 1.807) is 6.07 Å². The molecular formula is C21H24ClN3O3. The van der Waals surface area contributed by atoms with E-state index in [9.17, 15) is 4.79 Å². The second-order valence-corrected chi connectivity index (χ2v) is 7.62. The van der Waals surface area contributed by atoms with Gasteiger partial charge >= 0.3 is 0 Å². The van der Waals surface area contributed by atoms with E-state index in [0.29, 0.717) is 17.2 Å². The second kappa shape index (κ2) is 7.89. The molecule has 28 heavy (non-hydrogen) atoms. The minimum absolute atomic E-state index is 0.0220. The number of hydrogen-bond acceptors (Lipinski definition) is 5. The summed E-state index contributed by atoms with van der Waals surface area (Å²) in [5.74, 6) is 1.35. The summed E-state index contributed by atoms with van der Waals surface area (Å²) in [6, 6.07) is 11.2. The van der Waals surface area contributed by atoms with Crippen molar-refractivity contribution in [2.75, 3.05) is 43.2 Å². The number of anilines is 2. The first-order valence-corrected chi connectivity index (χ1v) is 9.85. The van der Waals surface area contributed by atoms with Crippen molar-refractivity contribution >= 4 is 28.9 Å². The van der Waals surface area contributed by atoms with Crippen LogP contribution in [0.5, 0.6) is 11.5 Å². The van der Waals surface area contributed by atoms with Crippen LogP contribution in [0, 0.1) is 6.92 Å². The molecule has 0 saturated carbocycles. The first kappa shape index (κ1) is 18.9. The van der Waals surface area contributed by atoms with Crippen LogP contribution in [0.3, 0.4) is 0 Å². The van der Waals surface area contributed by atoms with Gasteiger partial charge in [0, 0.05) is 48.6 Å². The number of benzene rings is 2. The predicted octanol–water partition coefficient (Wildman–Crippen LogP) is 3.53. The fourth-order valence-electron chi connectivity index (χ4n) is 3.66. The molecule has 1 amide bonds. The quantitative estimate of drug-likeness (QED) is 0.849. The second-order valence-electron chi connectivity index (χ2n) is 7.19. The molecule has 1 saturated heterocycles. The zero-order chi connectivity index (χ0) is 19.7. The minimum Gasteiger partial charge on any atom is -0.454 e. The molecule has 4 rings (SSSR count). The molecule has 6 nitrogen and oxygen atoms in total. The molecule has 148 valence electrons. The van der Waals surface area contributed by atoms with Crippen molar-refractivity contribution in [3.63, 3.8) is 0 Å². The van der Waals surface area contributed by atoms with Gasteiger partial charge in [0.1, 0.15) is 0 Å². The van der Waals surface area contributed by atoms with Gasteiger partial charge in [-0.2, -0.15) is 0 Å². The molecular weight excluding hydrogens is 378 g/mol. The number of ether oxygens (including phenoxy) is 2. The number of aryl methyl sites for hydroxylation is 1. The van der Waals surface area contributed by atoms with Crippen LogP contribution >= 0.6 is 11.6 Å². The maximum atomic E-state index is 12.7. The Morgan fingerprint density at radius 3 is 2.61 bits per heavy atom. The molecule has 0 spiro atoms. The standard InChI is InChI=1S/C21H24ClN3O3/c1-14-3-4-16(22)11-18(14)25-9-7-24(8-10-25)15(2)21(26)23-17-5-6-19-20(12-17)28-13-27-19/h3-6,11-12,15H,7-10,13H2,1-2H3,(H,23,26)/t15-/m1/s1. The summed E-state index contributed by atoms with van der Waals surface area (Å²) >= 11 is 6.16. The SMILES string of the molecule is Cc1ccc(Cl)cc1N1CCN([C@H](C)C(=O)Nc2ccc3c(c2)OCO3)CC1. The number of halogens is 1. The number of carbonyl (C=O) groups is 1. The van der Waals surface area contributed by atoms with Gasteiger partial charge in [0.15, 0.2) is 11.5 Å². The van der Waals surface area contributed by atoms with E-state index < -0.39 is 0 Å². The molecule has 2 heterocycles. The van der Waals surface area contributed by atoms with Gasteiger partial charge in [0.05, 0.1) is 6.04 Å². The van der Waals surface area contributed by atoms with Gasteiger partial charge in [-0.25, -0.2) is 0 Å².